The lowest BCUT2D eigenvalue weighted by atomic mass is 9.96. The maximum Gasteiger partial charge on any atom is 0.573 e. The highest BCUT2D eigenvalue weighted by atomic mass is 19.4. The van der Waals surface area contributed by atoms with E-state index in [1.54, 1.807) is 24.4 Å². The van der Waals surface area contributed by atoms with Crippen LogP contribution < -0.4 is 34.5 Å². The maximum atomic E-state index is 13.3. The Balaban J connectivity index is 1.44. The number of hydrogen-bond acceptors (Lipinski definition) is 10. The number of amides is 1. The molecule has 2 heterocycles. The Hall–Kier alpha value is -4.75. The predicted octanol–water partition coefficient (Wildman–Crippen LogP) is 4.92. The van der Waals surface area contributed by atoms with Crippen LogP contribution in [0.2, 0.25) is 0 Å². The zero-order valence-electron chi connectivity index (χ0n) is 24.0. The first-order chi connectivity index (χ1) is 20.6. The number of aromatic nitrogens is 2. The Bertz CT molecular complexity index is 1380. The normalized spacial score (nSPS) is 15.7. The third kappa shape index (κ3) is 8.17. The van der Waals surface area contributed by atoms with Crippen molar-refractivity contribution in [3.8, 4) is 23.0 Å². The summed E-state index contributed by atoms with van der Waals surface area (Å²) in [6.07, 6.45) is -1.74. The first kappa shape index (κ1) is 31.2. The number of alkyl halides is 3. The van der Waals surface area contributed by atoms with Crippen LogP contribution in [0.25, 0.3) is 0 Å². The largest absolute Gasteiger partial charge is 0.573 e. The van der Waals surface area contributed by atoms with E-state index in [1.165, 1.54) is 45.6 Å². The number of hydrogen-bond donors (Lipinski definition) is 2. The summed E-state index contributed by atoms with van der Waals surface area (Å²) in [7, 11) is 4.58. The quantitative estimate of drug-likeness (QED) is 0.279. The molecule has 4 rings (SSSR count). The number of benzene rings is 2. The van der Waals surface area contributed by atoms with Crippen molar-refractivity contribution >= 4 is 30.1 Å². The van der Waals surface area contributed by atoms with Gasteiger partial charge in [0.15, 0.2) is 11.5 Å². The average Bonchev–Trinajstić information content (AvgIpc) is 3.00. The van der Waals surface area contributed by atoms with Gasteiger partial charge in [-0.25, -0.2) is 4.98 Å². The number of piperidine rings is 1. The summed E-state index contributed by atoms with van der Waals surface area (Å²) >= 11 is 0. The fraction of sp³-hybridized carbons (Fsp3) is 0.379. The lowest BCUT2D eigenvalue weighted by Gasteiger charge is -2.33. The molecule has 2 atom stereocenters. The van der Waals surface area contributed by atoms with Crippen LogP contribution in [0.3, 0.4) is 0 Å². The Morgan fingerprint density at radius 2 is 1.81 bits per heavy atom. The third-order valence-electron chi connectivity index (χ3n) is 6.82. The Kier molecular flexibility index (Phi) is 10.1. The molecule has 230 valence electrons. The van der Waals surface area contributed by atoms with Gasteiger partial charge in [-0.1, -0.05) is 12.1 Å². The van der Waals surface area contributed by atoms with Crippen molar-refractivity contribution in [2.24, 2.45) is 10.9 Å². The Morgan fingerprint density at radius 3 is 2.42 bits per heavy atom. The van der Waals surface area contributed by atoms with Gasteiger partial charge in [0.25, 0.3) is 0 Å². The summed E-state index contributed by atoms with van der Waals surface area (Å²) in [4.78, 5) is 28.2. The van der Waals surface area contributed by atoms with Crippen LogP contribution in [-0.2, 0) is 4.79 Å². The van der Waals surface area contributed by atoms with Crippen molar-refractivity contribution in [2.75, 3.05) is 51.2 Å². The van der Waals surface area contributed by atoms with Gasteiger partial charge in [-0.05, 0) is 43.3 Å². The average molecular weight is 603 g/mol. The molecular formula is C29H33F3N6O5. The number of methoxy groups -OCH3 is 3. The molecule has 11 nitrogen and oxygen atoms in total. The summed E-state index contributed by atoms with van der Waals surface area (Å²) in [5.74, 6) is 1.50. The summed E-state index contributed by atoms with van der Waals surface area (Å²) in [6, 6.07) is 10.0. The second kappa shape index (κ2) is 13.9. The van der Waals surface area contributed by atoms with Crippen LogP contribution >= 0.6 is 0 Å². The second-order valence-corrected chi connectivity index (χ2v) is 9.65. The van der Waals surface area contributed by atoms with E-state index in [4.69, 9.17) is 14.2 Å². The van der Waals surface area contributed by atoms with E-state index in [2.05, 4.69) is 37.0 Å². The lowest BCUT2D eigenvalue weighted by Crippen LogP contribution is -2.44. The molecule has 2 N–H and O–H groups in total. The van der Waals surface area contributed by atoms with Gasteiger partial charge >= 0.3 is 6.36 Å². The zero-order chi connectivity index (χ0) is 31.0. The summed E-state index contributed by atoms with van der Waals surface area (Å²) in [6.45, 7) is 4.78. The topological polar surface area (TPSA) is 119 Å². The summed E-state index contributed by atoms with van der Waals surface area (Å²) < 4.78 is 57.7. The van der Waals surface area contributed by atoms with Gasteiger partial charge in [0.05, 0.1) is 39.8 Å². The first-order valence-electron chi connectivity index (χ1n) is 13.4. The molecule has 1 fully saturated rings. The summed E-state index contributed by atoms with van der Waals surface area (Å²) in [5, 5.41) is 6.14. The molecule has 1 aliphatic heterocycles. The monoisotopic (exact) mass is 602 g/mol. The van der Waals surface area contributed by atoms with Crippen LogP contribution in [0, 0.1) is 5.92 Å². The number of carbonyl (C=O) groups excluding carboxylic acids is 1. The van der Waals surface area contributed by atoms with Gasteiger partial charge in [-0.2, -0.15) is 4.98 Å². The van der Waals surface area contributed by atoms with Crippen LogP contribution in [0.1, 0.15) is 24.4 Å². The third-order valence-corrected chi connectivity index (χ3v) is 6.82. The molecule has 43 heavy (non-hydrogen) atoms. The number of anilines is 3. The number of carbonyl (C=O) groups is 1. The number of nitrogens with zero attached hydrogens (tertiary/aromatic N) is 4. The van der Waals surface area contributed by atoms with Crippen molar-refractivity contribution in [1.82, 2.24) is 15.3 Å². The first-order valence-corrected chi connectivity index (χ1v) is 13.4. The molecule has 3 aromatic rings. The number of ether oxygens (including phenoxy) is 4. The standard InChI is InChI=1S/C29H33F3N6O5/c1-33-16-22(18-7-9-21(10-8-18)43-29(30,31)32)36-27(39)19-6-5-13-38(17-19)25-11-12-34-28(37-25)35-20-14-23(40-2)26(42-4)24(15-20)41-3/h7-12,14-15,19,22H,1,5-6,13,16-17H2,2-4H3,(H,36,39)(H,34,35,37)/t19-,22?/m0/s1. The maximum absolute atomic E-state index is 13.3. The van der Waals surface area contributed by atoms with Crippen molar-refractivity contribution in [1.29, 1.82) is 0 Å². The van der Waals surface area contributed by atoms with Gasteiger partial charge in [-0.3, -0.25) is 9.79 Å². The molecule has 1 amide bonds. The molecule has 0 aliphatic carbocycles. The van der Waals surface area contributed by atoms with Crippen LogP contribution in [-0.4, -0.2) is 69.9 Å². The van der Waals surface area contributed by atoms with E-state index in [9.17, 15) is 18.0 Å². The predicted molar refractivity (Wildman–Crippen MR) is 155 cm³/mol. The van der Waals surface area contributed by atoms with E-state index in [1.807, 2.05) is 4.90 Å². The van der Waals surface area contributed by atoms with Crippen molar-refractivity contribution in [2.45, 2.75) is 25.2 Å². The molecule has 1 saturated heterocycles. The van der Waals surface area contributed by atoms with E-state index >= 15 is 0 Å². The van der Waals surface area contributed by atoms with E-state index in [0.29, 0.717) is 59.8 Å². The minimum absolute atomic E-state index is 0.156. The van der Waals surface area contributed by atoms with Crippen LogP contribution in [0.5, 0.6) is 23.0 Å². The SMILES string of the molecule is C=NCC(NC(=O)[C@H]1CCCN(c2ccnc(Nc3cc(OC)c(OC)c(OC)c3)n2)C1)c1ccc(OC(F)(F)F)cc1. The molecule has 0 radical (unpaired) electrons. The number of halogens is 3. The Labute approximate surface area is 247 Å². The van der Waals surface area contributed by atoms with Crippen molar-refractivity contribution < 1.29 is 36.9 Å². The highest BCUT2D eigenvalue weighted by molar-refractivity contribution is 5.80. The van der Waals surface area contributed by atoms with E-state index < -0.39 is 12.4 Å². The molecule has 0 spiro atoms. The minimum Gasteiger partial charge on any atom is -0.493 e. The fourth-order valence-corrected chi connectivity index (χ4v) is 4.82. The van der Waals surface area contributed by atoms with E-state index in [0.717, 1.165) is 6.42 Å². The van der Waals surface area contributed by atoms with Gasteiger partial charge in [0.2, 0.25) is 17.6 Å². The molecule has 1 aromatic heterocycles. The van der Waals surface area contributed by atoms with Crippen molar-refractivity contribution in [3.05, 3.63) is 54.2 Å². The minimum atomic E-state index is -4.79. The number of rotatable bonds is 12. The zero-order valence-corrected chi connectivity index (χ0v) is 24.0. The lowest BCUT2D eigenvalue weighted by molar-refractivity contribution is -0.274. The smallest absolute Gasteiger partial charge is 0.493 e. The Morgan fingerprint density at radius 1 is 1.12 bits per heavy atom. The van der Waals surface area contributed by atoms with Gasteiger partial charge in [0.1, 0.15) is 11.6 Å². The van der Waals surface area contributed by atoms with Gasteiger partial charge < -0.3 is 34.5 Å². The molecule has 0 bridgehead atoms. The molecule has 1 aliphatic rings. The summed E-state index contributed by atoms with van der Waals surface area (Å²) in [5.41, 5.74) is 1.21. The van der Waals surface area contributed by atoms with E-state index in [-0.39, 0.29) is 24.1 Å². The molecule has 2 aromatic carbocycles. The molecule has 1 unspecified atom stereocenters. The highest BCUT2D eigenvalue weighted by Crippen LogP contribution is 2.40. The van der Waals surface area contributed by atoms with Crippen molar-refractivity contribution in [3.63, 3.8) is 0 Å². The van der Waals surface area contributed by atoms with Gasteiger partial charge in [-0.15, -0.1) is 13.2 Å². The highest BCUT2D eigenvalue weighted by Gasteiger charge is 2.31. The number of aliphatic imine (C=N–C) groups is 1. The number of nitrogens with one attached hydrogen (secondary N) is 2. The molecule has 0 saturated carbocycles. The van der Waals surface area contributed by atoms with Crippen LogP contribution in [0.15, 0.2) is 53.7 Å². The molecular weight excluding hydrogens is 569 g/mol. The van der Waals surface area contributed by atoms with Gasteiger partial charge in [0, 0.05) is 37.1 Å². The van der Waals surface area contributed by atoms with Crippen LogP contribution in [0.4, 0.5) is 30.6 Å². The molecule has 14 heteroatoms. The fourth-order valence-electron chi connectivity index (χ4n) is 4.82. The second-order valence-electron chi connectivity index (χ2n) is 9.65.